The Hall–Kier alpha value is -0.780. The fourth-order valence-electron chi connectivity index (χ4n) is 2.42. The summed E-state index contributed by atoms with van der Waals surface area (Å²) in [6.07, 6.45) is 0. The van der Waals surface area contributed by atoms with Crippen molar-refractivity contribution in [2.45, 2.75) is 19.5 Å². The molecule has 1 fully saturated rings. The lowest BCUT2D eigenvalue weighted by molar-refractivity contribution is 0.197. The Morgan fingerprint density at radius 2 is 2.16 bits per heavy atom. The van der Waals surface area contributed by atoms with Crippen LogP contribution in [0.3, 0.4) is 0 Å². The molecule has 1 aromatic carbocycles. The molecular weight excluding hydrogens is 308 g/mol. The van der Waals surface area contributed by atoms with E-state index >= 15 is 0 Å². The number of nitrogens with one attached hydrogen (secondary N) is 1. The number of benzene rings is 1. The summed E-state index contributed by atoms with van der Waals surface area (Å²) < 4.78 is 11.8. The third kappa shape index (κ3) is 3.61. The predicted molar refractivity (Wildman–Crippen MR) is 80.0 cm³/mol. The molecule has 0 saturated carbocycles. The van der Waals surface area contributed by atoms with Crippen LogP contribution in [0.25, 0.3) is 0 Å². The quantitative estimate of drug-likeness (QED) is 0.919. The Morgan fingerprint density at radius 3 is 2.79 bits per heavy atom. The molecule has 1 aliphatic heterocycles. The average Bonchev–Trinajstić information content (AvgIpc) is 2.40. The smallest absolute Gasteiger partial charge is 0.128 e. The van der Waals surface area contributed by atoms with Gasteiger partial charge in [0.25, 0.3) is 0 Å². The second-order valence-corrected chi connectivity index (χ2v) is 5.73. The van der Waals surface area contributed by atoms with Crippen LogP contribution in [0.15, 0.2) is 16.6 Å². The number of halogens is 1. The standard InChI is InChI=1S/C14H21BrN2O2/c1-10-8-17(5-4-16-10)9-12-13(15)6-11(18-2)7-14(12)19-3/h6-7,10,16H,4-5,8-9H2,1-3H3. The summed E-state index contributed by atoms with van der Waals surface area (Å²) in [5, 5.41) is 3.45. The molecule has 1 aromatic rings. The van der Waals surface area contributed by atoms with Crippen molar-refractivity contribution in [3.63, 3.8) is 0 Å². The molecule has 0 spiro atoms. The van der Waals surface area contributed by atoms with E-state index in [1.807, 2.05) is 12.1 Å². The van der Waals surface area contributed by atoms with Crippen LogP contribution in [0.5, 0.6) is 11.5 Å². The van der Waals surface area contributed by atoms with Crippen molar-refractivity contribution in [2.24, 2.45) is 0 Å². The molecule has 0 radical (unpaired) electrons. The van der Waals surface area contributed by atoms with E-state index in [4.69, 9.17) is 9.47 Å². The van der Waals surface area contributed by atoms with Crippen molar-refractivity contribution in [3.8, 4) is 11.5 Å². The summed E-state index contributed by atoms with van der Waals surface area (Å²) in [4.78, 5) is 2.44. The molecule has 1 aliphatic rings. The Morgan fingerprint density at radius 1 is 1.37 bits per heavy atom. The zero-order valence-electron chi connectivity index (χ0n) is 11.7. The van der Waals surface area contributed by atoms with E-state index in [0.717, 1.165) is 42.2 Å². The molecule has 1 N–H and O–H groups in total. The van der Waals surface area contributed by atoms with Crippen LogP contribution in [0, 0.1) is 0 Å². The number of ether oxygens (including phenoxy) is 2. The van der Waals surface area contributed by atoms with Crippen molar-refractivity contribution >= 4 is 15.9 Å². The van der Waals surface area contributed by atoms with Crippen molar-refractivity contribution in [2.75, 3.05) is 33.9 Å². The number of methoxy groups -OCH3 is 2. The summed E-state index contributed by atoms with van der Waals surface area (Å²) in [5.41, 5.74) is 1.18. The van der Waals surface area contributed by atoms with Crippen molar-refractivity contribution < 1.29 is 9.47 Å². The molecule has 0 aliphatic carbocycles. The molecule has 1 heterocycles. The molecule has 0 bridgehead atoms. The molecule has 2 rings (SSSR count). The molecule has 1 atom stereocenters. The Bertz CT molecular complexity index is 440. The Labute approximate surface area is 123 Å². The normalized spacial score (nSPS) is 20.3. The van der Waals surface area contributed by atoms with E-state index in [1.54, 1.807) is 14.2 Å². The number of piperazine rings is 1. The van der Waals surface area contributed by atoms with E-state index in [0.29, 0.717) is 6.04 Å². The van der Waals surface area contributed by atoms with Crippen LogP contribution in [-0.2, 0) is 6.54 Å². The number of hydrogen-bond donors (Lipinski definition) is 1. The second-order valence-electron chi connectivity index (χ2n) is 4.88. The van der Waals surface area contributed by atoms with Gasteiger partial charge in [-0.2, -0.15) is 0 Å². The zero-order valence-corrected chi connectivity index (χ0v) is 13.3. The van der Waals surface area contributed by atoms with Crippen LogP contribution < -0.4 is 14.8 Å². The van der Waals surface area contributed by atoms with E-state index in [1.165, 1.54) is 5.56 Å². The Balaban J connectivity index is 2.18. The van der Waals surface area contributed by atoms with Gasteiger partial charge in [-0.25, -0.2) is 0 Å². The van der Waals surface area contributed by atoms with Gasteiger partial charge >= 0.3 is 0 Å². The molecular formula is C14H21BrN2O2. The molecule has 1 unspecified atom stereocenters. The van der Waals surface area contributed by atoms with Crippen molar-refractivity contribution in [1.82, 2.24) is 10.2 Å². The first-order valence-corrected chi connectivity index (χ1v) is 7.29. The molecule has 1 saturated heterocycles. The van der Waals surface area contributed by atoms with Gasteiger partial charge in [-0.3, -0.25) is 4.90 Å². The topological polar surface area (TPSA) is 33.7 Å². The van der Waals surface area contributed by atoms with Crippen LogP contribution in [-0.4, -0.2) is 44.8 Å². The summed E-state index contributed by atoms with van der Waals surface area (Å²) >= 11 is 3.62. The fourth-order valence-corrected chi connectivity index (χ4v) is 2.97. The van der Waals surface area contributed by atoms with Crippen LogP contribution >= 0.6 is 15.9 Å². The van der Waals surface area contributed by atoms with Gasteiger partial charge < -0.3 is 14.8 Å². The summed E-state index contributed by atoms with van der Waals surface area (Å²) in [5.74, 6) is 1.68. The van der Waals surface area contributed by atoms with Crippen LogP contribution in [0.4, 0.5) is 0 Å². The SMILES string of the molecule is COc1cc(Br)c(CN2CCNC(C)C2)c(OC)c1. The van der Waals surface area contributed by atoms with E-state index in [-0.39, 0.29) is 0 Å². The third-order valence-electron chi connectivity index (χ3n) is 3.42. The summed E-state index contributed by atoms with van der Waals surface area (Å²) in [6, 6.07) is 4.46. The third-order valence-corrected chi connectivity index (χ3v) is 4.13. The molecule has 0 aromatic heterocycles. The second kappa shape index (κ2) is 6.59. The van der Waals surface area contributed by atoms with Crippen LogP contribution in [0.1, 0.15) is 12.5 Å². The summed E-state index contributed by atoms with van der Waals surface area (Å²) in [6.45, 7) is 6.26. The highest BCUT2D eigenvalue weighted by Crippen LogP contribution is 2.33. The maximum atomic E-state index is 5.48. The van der Waals surface area contributed by atoms with Gasteiger partial charge in [0.15, 0.2) is 0 Å². The first kappa shape index (κ1) is 14.6. The molecule has 106 valence electrons. The first-order chi connectivity index (χ1) is 9.13. The molecule has 0 amide bonds. The highest BCUT2D eigenvalue weighted by Gasteiger charge is 2.19. The van der Waals surface area contributed by atoms with E-state index < -0.39 is 0 Å². The zero-order chi connectivity index (χ0) is 13.8. The maximum absolute atomic E-state index is 5.48. The maximum Gasteiger partial charge on any atom is 0.128 e. The predicted octanol–water partition coefficient (Wildman–Crippen LogP) is 2.26. The summed E-state index contributed by atoms with van der Waals surface area (Å²) in [7, 11) is 3.37. The van der Waals surface area contributed by atoms with Gasteiger partial charge in [-0.1, -0.05) is 15.9 Å². The van der Waals surface area contributed by atoms with Gasteiger partial charge in [-0.15, -0.1) is 0 Å². The lowest BCUT2D eigenvalue weighted by Gasteiger charge is -2.32. The minimum atomic E-state index is 0.539. The van der Waals surface area contributed by atoms with E-state index in [9.17, 15) is 0 Å². The average molecular weight is 329 g/mol. The number of hydrogen-bond acceptors (Lipinski definition) is 4. The van der Waals surface area contributed by atoms with Gasteiger partial charge in [0, 0.05) is 48.3 Å². The highest BCUT2D eigenvalue weighted by molar-refractivity contribution is 9.10. The monoisotopic (exact) mass is 328 g/mol. The van der Waals surface area contributed by atoms with Crippen molar-refractivity contribution in [3.05, 3.63) is 22.2 Å². The largest absolute Gasteiger partial charge is 0.497 e. The lowest BCUT2D eigenvalue weighted by Crippen LogP contribution is -2.48. The highest BCUT2D eigenvalue weighted by atomic mass is 79.9. The first-order valence-electron chi connectivity index (χ1n) is 6.50. The van der Waals surface area contributed by atoms with Crippen molar-refractivity contribution in [1.29, 1.82) is 0 Å². The lowest BCUT2D eigenvalue weighted by atomic mass is 10.1. The number of rotatable bonds is 4. The molecule has 19 heavy (non-hydrogen) atoms. The van der Waals surface area contributed by atoms with Gasteiger partial charge in [0.1, 0.15) is 11.5 Å². The van der Waals surface area contributed by atoms with Gasteiger partial charge in [-0.05, 0) is 13.0 Å². The molecule has 5 heteroatoms. The minimum absolute atomic E-state index is 0.539. The molecule has 4 nitrogen and oxygen atoms in total. The fraction of sp³-hybridized carbons (Fsp3) is 0.571. The van der Waals surface area contributed by atoms with Gasteiger partial charge in [0.05, 0.1) is 14.2 Å². The van der Waals surface area contributed by atoms with Crippen LogP contribution in [0.2, 0.25) is 0 Å². The van der Waals surface area contributed by atoms with Gasteiger partial charge in [0.2, 0.25) is 0 Å². The minimum Gasteiger partial charge on any atom is -0.497 e. The van der Waals surface area contributed by atoms with E-state index in [2.05, 4.69) is 33.1 Å². The number of nitrogens with zero attached hydrogens (tertiary/aromatic N) is 1. The Kier molecular flexibility index (Phi) is 5.07.